The number of ether oxygens (including phenoxy) is 1. The molecule has 0 aromatic heterocycles. The summed E-state index contributed by atoms with van der Waals surface area (Å²) in [6.45, 7) is 5.72. The van der Waals surface area contributed by atoms with Gasteiger partial charge >= 0.3 is 0 Å². The summed E-state index contributed by atoms with van der Waals surface area (Å²) in [6.07, 6.45) is 1.44. The lowest BCUT2D eigenvalue weighted by atomic mass is 10.0. The van der Waals surface area contributed by atoms with Crippen molar-refractivity contribution >= 4 is 10.2 Å². The van der Waals surface area contributed by atoms with Crippen molar-refractivity contribution in [2.75, 3.05) is 26.2 Å². The molecule has 0 spiro atoms. The summed E-state index contributed by atoms with van der Waals surface area (Å²) in [5.41, 5.74) is 5.88. The van der Waals surface area contributed by atoms with Crippen molar-refractivity contribution in [1.82, 2.24) is 8.61 Å². The van der Waals surface area contributed by atoms with Crippen molar-refractivity contribution in [2.45, 2.75) is 44.9 Å². The van der Waals surface area contributed by atoms with Crippen LogP contribution in [0.4, 0.5) is 0 Å². The summed E-state index contributed by atoms with van der Waals surface area (Å²) in [4.78, 5) is 0. The second kappa shape index (κ2) is 5.42. The van der Waals surface area contributed by atoms with Crippen LogP contribution in [0.3, 0.4) is 0 Å². The van der Waals surface area contributed by atoms with E-state index in [1.54, 1.807) is 4.31 Å². The number of piperidine rings is 1. The van der Waals surface area contributed by atoms with Gasteiger partial charge in [-0.2, -0.15) is 17.0 Å². The summed E-state index contributed by atoms with van der Waals surface area (Å²) in [7, 11) is -3.36. The number of hydrogen-bond donors (Lipinski definition) is 1. The van der Waals surface area contributed by atoms with Crippen LogP contribution in [0.25, 0.3) is 0 Å². The number of rotatable bonds is 2. The van der Waals surface area contributed by atoms with E-state index in [1.807, 2.05) is 13.8 Å². The van der Waals surface area contributed by atoms with Gasteiger partial charge in [0, 0.05) is 31.7 Å². The maximum absolute atomic E-state index is 12.6. The van der Waals surface area contributed by atoms with E-state index in [0.29, 0.717) is 26.2 Å². The first-order chi connectivity index (χ1) is 8.41. The Morgan fingerprint density at radius 3 is 2.61 bits per heavy atom. The SMILES string of the molecule is C[C@@H]1CN(S(=O)(=O)N2CC[C@H](N)C[C@H]2C)CCO1. The van der Waals surface area contributed by atoms with E-state index < -0.39 is 10.2 Å². The first-order valence-corrected chi connectivity index (χ1v) is 7.95. The lowest BCUT2D eigenvalue weighted by Gasteiger charge is -2.40. The topological polar surface area (TPSA) is 75.9 Å². The Kier molecular flexibility index (Phi) is 4.28. The average Bonchev–Trinajstić information content (AvgIpc) is 2.28. The van der Waals surface area contributed by atoms with Gasteiger partial charge < -0.3 is 10.5 Å². The Bertz CT molecular complexity index is 387. The van der Waals surface area contributed by atoms with Gasteiger partial charge in [0.05, 0.1) is 12.7 Å². The fourth-order valence-corrected chi connectivity index (χ4v) is 4.55. The maximum Gasteiger partial charge on any atom is 0.282 e. The molecule has 2 N–H and O–H groups in total. The van der Waals surface area contributed by atoms with Gasteiger partial charge in [-0.05, 0) is 26.7 Å². The lowest BCUT2D eigenvalue weighted by Crippen LogP contribution is -2.56. The molecule has 0 saturated carbocycles. The highest BCUT2D eigenvalue weighted by Crippen LogP contribution is 2.23. The highest BCUT2D eigenvalue weighted by molar-refractivity contribution is 7.86. The Hall–Kier alpha value is -0.210. The Balaban J connectivity index is 2.10. The molecule has 2 fully saturated rings. The van der Waals surface area contributed by atoms with Gasteiger partial charge in [0.25, 0.3) is 10.2 Å². The highest BCUT2D eigenvalue weighted by Gasteiger charge is 2.37. The molecule has 18 heavy (non-hydrogen) atoms. The van der Waals surface area contributed by atoms with Gasteiger partial charge in [-0.1, -0.05) is 0 Å². The molecule has 2 saturated heterocycles. The van der Waals surface area contributed by atoms with Crippen LogP contribution < -0.4 is 5.73 Å². The lowest BCUT2D eigenvalue weighted by molar-refractivity contribution is 0.00738. The van der Waals surface area contributed by atoms with E-state index in [-0.39, 0.29) is 18.2 Å². The Morgan fingerprint density at radius 2 is 2.00 bits per heavy atom. The molecule has 7 heteroatoms. The van der Waals surface area contributed by atoms with E-state index in [1.165, 1.54) is 4.31 Å². The molecule has 0 aromatic carbocycles. The number of morpholine rings is 1. The molecule has 106 valence electrons. The van der Waals surface area contributed by atoms with Crippen LogP contribution >= 0.6 is 0 Å². The second-order valence-electron chi connectivity index (χ2n) is 5.29. The molecule has 0 unspecified atom stereocenters. The van der Waals surface area contributed by atoms with Crippen LogP contribution in [0.5, 0.6) is 0 Å². The minimum absolute atomic E-state index is 0.0168. The highest BCUT2D eigenvalue weighted by atomic mass is 32.2. The molecule has 2 aliphatic heterocycles. The summed E-state index contributed by atoms with van der Waals surface area (Å²) in [5, 5.41) is 0. The van der Waals surface area contributed by atoms with Gasteiger partial charge in [0.2, 0.25) is 0 Å². The fraction of sp³-hybridized carbons (Fsp3) is 1.00. The third-order valence-electron chi connectivity index (χ3n) is 3.68. The molecule has 2 rings (SSSR count). The van der Waals surface area contributed by atoms with Crippen molar-refractivity contribution in [1.29, 1.82) is 0 Å². The molecule has 0 bridgehead atoms. The molecule has 2 aliphatic rings. The van der Waals surface area contributed by atoms with Crippen LogP contribution in [0.2, 0.25) is 0 Å². The summed E-state index contributed by atoms with van der Waals surface area (Å²) in [5.74, 6) is 0. The molecule has 0 aromatic rings. The van der Waals surface area contributed by atoms with Crippen LogP contribution in [0.15, 0.2) is 0 Å². The van der Waals surface area contributed by atoms with E-state index in [0.717, 1.165) is 12.8 Å². The number of nitrogens with two attached hydrogens (primary N) is 1. The average molecular weight is 277 g/mol. The second-order valence-corrected chi connectivity index (χ2v) is 7.17. The fourth-order valence-electron chi connectivity index (χ4n) is 2.67. The van der Waals surface area contributed by atoms with Crippen LogP contribution in [-0.4, -0.2) is 61.5 Å². The van der Waals surface area contributed by atoms with Crippen LogP contribution in [0.1, 0.15) is 26.7 Å². The van der Waals surface area contributed by atoms with Gasteiger partial charge in [-0.3, -0.25) is 0 Å². The van der Waals surface area contributed by atoms with Gasteiger partial charge in [0.15, 0.2) is 0 Å². The number of hydrogen-bond acceptors (Lipinski definition) is 4. The van der Waals surface area contributed by atoms with Crippen molar-refractivity contribution in [2.24, 2.45) is 5.73 Å². The summed E-state index contributed by atoms with van der Waals surface area (Å²) in [6, 6.07) is 0.104. The smallest absolute Gasteiger partial charge is 0.282 e. The Labute approximate surface area is 109 Å². The third kappa shape index (κ3) is 2.85. The van der Waals surface area contributed by atoms with E-state index in [2.05, 4.69) is 0 Å². The largest absolute Gasteiger partial charge is 0.376 e. The molecule has 6 nitrogen and oxygen atoms in total. The monoisotopic (exact) mass is 277 g/mol. The maximum atomic E-state index is 12.6. The standard InChI is InChI=1S/C11H23N3O3S/c1-9-7-11(12)3-4-14(9)18(15,16)13-5-6-17-10(2)8-13/h9-11H,3-8,12H2,1-2H3/t9-,10-,11+/m1/s1. The summed E-state index contributed by atoms with van der Waals surface area (Å²) < 4.78 is 33.6. The quantitative estimate of drug-likeness (QED) is 0.756. The van der Waals surface area contributed by atoms with Crippen molar-refractivity contribution in [3.8, 4) is 0 Å². The van der Waals surface area contributed by atoms with Crippen molar-refractivity contribution < 1.29 is 13.2 Å². The molecule has 2 heterocycles. The minimum atomic E-state index is -3.36. The van der Waals surface area contributed by atoms with Crippen LogP contribution in [-0.2, 0) is 14.9 Å². The molecular weight excluding hydrogens is 254 g/mol. The van der Waals surface area contributed by atoms with E-state index in [4.69, 9.17) is 10.5 Å². The predicted molar refractivity (Wildman–Crippen MR) is 69.3 cm³/mol. The zero-order valence-corrected chi connectivity index (χ0v) is 11.9. The molecule has 0 radical (unpaired) electrons. The first-order valence-electron chi connectivity index (χ1n) is 6.55. The van der Waals surface area contributed by atoms with Gasteiger partial charge in [0.1, 0.15) is 0 Å². The van der Waals surface area contributed by atoms with Gasteiger partial charge in [-0.15, -0.1) is 0 Å². The van der Waals surface area contributed by atoms with E-state index in [9.17, 15) is 8.42 Å². The number of nitrogens with zero attached hydrogens (tertiary/aromatic N) is 2. The zero-order valence-electron chi connectivity index (χ0n) is 11.1. The van der Waals surface area contributed by atoms with Crippen LogP contribution in [0, 0.1) is 0 Å². The predicted octanol–water partition coefficient (Wildman–Crippen LogP) is -0.236. The van der Waals surface area contributed by atoms with Crippen molar-refractivity contribution in [3.05, 3.63) is 0 Å². The Morgan fingerprint density at radius 1 is 1.28 bits per heavy atom. The molecule has 0 amide bonds. The molecule has 0 aliphatic carbocycles. The minimum Gasteiger partial charge on any atom is -0.376 e. The summed E-state index contributed by atoms with van der Waals surface area (Å²) >= 11 is 0. The zero-order chi connectivity index (χ0) is 13.3. The first kappa shape index (κ1) is 14.2. The van der Waals surface area contributed by atoms with E-state index >= 15 is 0 Å². The molecular formula is C11H23N3O3S. The third-order valence-corrected chi connectivity index (χ3v) is 5.80. The van der Waals surface area contributed by atoms with Crippen molar-refractivity contribution in [3.63, 3.8) is 0 Å². The normalized spacial score (nSPS) is 36.7. The van der Waals surface area contributed by atoms with Gasteiger partial charge in [-0.25, -0.2) is 0 Å². The molecule has 3 atom stereocenters.